The molecule has 1 aromatic rings. The number of hydrogen-bond donors (Lipinski definition) is 0. The fourth-order valence-corrected chi connectivity index (χ4v) is 10.1. The number of para-hydroxylation sites is 1. The maximum atomic E-state index is 6.74. The van der Waals surface area contributed by atoms with Crippen LogP contribution >= 0.6 is 21.0 Å². The van der Waals surface area contributed by atoms with Crippen molar-refractivity contribution in [1.82, 2.24) is 0 Å². The predicted molar refractivity (Wildman–Crippen MR) is 102 cm³/mol. The predicted octanol–water partition coefficient (Wildman–Crippen LogP) is 7.24. The molecule has 0 aromatic heterocycles. The van der Waals surface area contributed by atoms with E-state index in [1.54, 1.807) is 0 Å². The van der Waals surface area contributed by atoms with Crippen molar-refractivity contribution in [3.8, 4) is 5.75 Å². The molecule has 0 bridgehead atoms. The molecule has 1 aromatic carbocycles. The summed E-state index contributed by atoms with van der Waals surface area (Å²) in [5.74, 6) is 1.04. The summed E-state index contributed by atoms with van der Waals surface area (Å²) < 4.78 is 6.74. The van der Waals surface area contributed by atoms with Crippen molar-refractivity contribution in [2.24, 2.45) is 0 Å². The monoisotopic (exact) mass is 374 g/mol. The zero-order chi connectivity index (χ0) is 15.6. The first-order valence-electron chi connectivity index (χ1n) is 8.54. The Morgan fingerprint density at radius 1 is 0.810 bits per heavy atom. The number of halogens is 1. The van der Waals surface area contributed by atoms with Crippen LogP contribution in [-0.4, -0.2) is 18.5 Å². The van der Waals surface area contributed by atoms with Gasteiger partial charge in [0.1, 0.15) is 0 Å². The molecule has 0 aliphatic heterocycles. The van der Waals surface area contributed by atoms with Gasteiger partial charge in [0.15, 0.2) is 0 Å². The molecule has 0 amide bonds. The van der Waals surface area contributed by atoms with E-state index in [2.05, 4.69) is 66.6 Å². The third kappa shape index (κ3) is 6.28. The number of rotatable bonds is 11. The van der Waals surface area contributed by atoms with Crippen LogP contribution in [0.3, 0.4) is 0 Å². The zero-order valence-corrected chi connectivity index (χ0v) is 16.5. The van der Waals surface area contributed by atoms with Gasteiger partial charge >= 0.3 is 139 Å². The molecule has 122 valence electrons. The second-order valence-electron chi connectivity index (χ2n) is 6.12. The van der Waals surface area contributed by atoms with Crippen molar-refractivity contribution in [2.75, 3.05) is 18.5 Å². The van der Waals surface area contributed by atoms with Crippen LogP contribution in [0.4, 0.5) is 0 Å². The van der Waals surface area contributed by atoms with Crippen LogP contribution in [0.15, 0.2) is 30.3 Å². The molecule has 1 rings (SSSR count). The Balaban J connectivity index is 3.01. The Morgan fingerprint density at radius 3 is 1.62 bits per heavy atom. The minimum absolute atomic E-state index is 1.04. The molecule has 1 nitrogen and oxygen atoms in total. The Bertz CT molecular complexity index is 369. The normalized spacial score (nSPS) is 13.6. The van der Waals surface area contributed by atoms with Gasteiger partial charge in [-0.1, -0.05) is 0 Å². The fourth-order valence-electron chi connectivity index (χ4n) is 2.74. The van der Waals surface area contributed by atoms with Crippen molar-refractivity contribution >= 4 is 21.0 Å². The average molecular weight is 375 g/mol. The molecule has 0 spiro atoms. The summed E-state index contributed by atoms with van der Waals surface area (Å²) in [5.41, 5.74) is -2.27. The molecule has 0 radical (unpaired) electrons. The van der Waals surface area contributed by atoms with Crippen LogP contribution in [0, 0.1) is 0 Å². The summed E-state index contributed by atoms with van der Waals surface area (Å²) >= 11 is 4.24. The van der Waals surface area contributed by atoms with Gasteiger partial charge in [-0.05, 0) is 0 Å². The van der Waals surface area contributed by atoms with Gasteiger partial charge in [0.25, 0.3) is 0 Å². The van der Waals surface area contributed by atoms with Crippen LogP contribution in [0.25, 0.3) is 0 Å². The van der Waals surface area contributed by atoms with E-state index in [0.717, 1.165) is 5.75 Å². The number of hydrogen-bond acceptors (Lipinski definition) is 1. The van der Waals surface area contributed by atoms with Gasteiger partial charge in [-0.2, -0.15) is 0 Å². The standard InChI is InChI=1S/C18H32BrOP/c1-4-7-15-21(19,16-8-5-2,17-9-6-3)20-18-13-11-10-12-14-18/h10-14H,4-9,15-17H2,1-3H3. The summed E-state index contributed by atoms with van der Waals surface area (Å²) in [5, 5.41) is 0. The molecule has 0 fully saturated rings. The minimum atomic E-state index is -2.27. The molecule has 0 saturated carbocycles. The van der Waals surface area contributed by atoms with Gasteiger partial charge in [-0.15, -0.1) is 0 Å². The van der Waals surface area contributed by atoms with E-state index < -0.39 is 5.53 Å². The third-order valence-electron chi connectivity index (χ3n) is 4.09. The molecular formula is C18H32BrOP. The fraction of sp³-hybridized carbons (Fsp3) is 0.667. The second-order valence-corrected chi connectivity index (χ2v) is 16.0. The van der Waals surface area contributed by atoms with Gasteiger partial charge in [-0.25, -0.2) is 0 Å². The van der Waals surface area contributed by atoms with Crippen molar-refractivity contribution in [2.45, 2.75) is 59.3 Å². The molecule has 3 heteroatoms. The van der Waals surface area contributed by atoms with Crippen molar-refractivity contribution in [1.29, 1.82) is 0 Å². The molecular weight excluding hydrogens is 343 g/mol. The van der Waals surface area contributed by atoms with E-state index in [9.17, 15) is 0 Å². The second kappa shape index (κ2) is 9.16. The number of unbranched alkanes of at least 4 members (excludes halogenated alkanes) is 3. The molecule has 0 heterocycles. The van der Waals surface area contributed by atoms with E-state index in [1.165, 1.54) is 57.0 Å². The molecule has 0 saturated heterocycles. The van der Waals surface area contributed by atoms with Crippen LogP contribution in [-0.2, 0) is 0 Å². The Labute approximate surface area is 139 Å². The molecule has 0 atom stereocenters. The van der Waals surface area contributed by atoms with E-state index in [4.69, 9.17) is 4.52 Å². The Hall–Kier alpha value is -0.0700. The van der Waals surface area contributed by atoms with Crippen LogP contribution in [0.5, 0.6) is 5.75 Å². The van der Waals surface area contributed by atoms with Gasteiger partial charge < -0.3 is 0 Å². The maximum absolute atomic E-state index is 6.74. The van der Waals surface area contributed by atoms with Crippen LogP contribution < -0.4 is 4.52 Å². The number of benzene rings is 1. The SMILES string of the molecule is CCCCP(Br)(CCCC)(CCCC)Oc1ccccc1. The summed E-state index contributed by atoms with van der Waals surface area (Å²) in [6.45, 7) is 6.82. The Morgan fingerprint density at radius 2 is 1.24 bits per heavy atom. The zero-order valence-electron chi connectivity index (χ0n) is 14.0. The van der Waals surface area contributed by atoms with Crippen molar-refractivity contribution < 1.29 is 4.52 Å². The van der Waals surface area contributed by atoms with Gasteiger partial charge in [-0.3, -0.25) is 0 Å². The molecule has 21 heavy (non-hydrogen) atoms. The van der Waals surface area contributed by atoms with E-state index >= 15 is 0 Å². The summed E-state index contributed by atoms with van der Waals surface area (Å²) in [7, 11) is 0. The van der Waals surface area contributed by atoms with E-state index in [-0.39, 0.29) is 0 Å². The Kier molecular flexibility index (Phi) is 8.27. The topological polar surface area (TPSA) is 9.23 Å². The van der Waals surface area contributed by atoms with Crippen LogP contribution in [0.1, 0.15) is 59.3 Å². The van der Waals surface area contributed by atoms with Crippen molar-refractivity contribution in [3.05, 3.63) is 30.3 Å². The molecule has 0 N–H and O–H groups in total. The summed E-state index contributed by atoms with van der Waals surface area (Å²) in [6.07, 6.45) is 11.1. The first kappa shape index (κ1) is 19.0. The molecule has 0 aliphatic carbocycles. The van der Waals surface area contributed by atoms with Gasteiger partial charge in [0.2, 0.25) is 0 Å². The first-order valence-corrected chi connectivity index (χ1v) is 13.3. The van der Waals surface area contributed by atoms with Crippen molar-refractivity contribution in [3.63, 3.8) is 0 Å². The molecule has 0 aliphatic rings. The molecule has 0 unspecified atom stereocenters. The first-order chi connectivity index (χ1) is 10.1. The summed E-state index contributed by atoms with van der Waals surface area (Å²) in [4.78, 5) is 0. The summed E-state index contributed by atoms with van der Waals surface area (Å²) in [6, 6.07) is 10.4. The van der Waals surface area contributed by atoms with E-state index in [0.29, 0.717) is 0 Å². The van der Waals surface area contributed by atoms with Crippen LogP contribution in [0.2, 0.25) is 0 Å². The quantitative estimate of drug-likeness (QED) is 0.370. The average Bonchev–Trinajstić information content (AvgIpc) is 2.51. The van der Waals surface area contributed by atoms with E-state index in [1.807, 2.05) is 0 Å². The van der Waals surface area contributed by atoms with Gasteiger partial charge in [0.05, 0.1) is 0 Å². The van der Waals surface area contributed by atoms with Gasteiger partial charge in [0, 0.05) is 0 Å². The third-order valence-corrected chi connectivity index (χ3v) is 12.3.